The number of nitrogens with zero attached hydrogens (tertiary/aromatic N) is 1. The molecule has 4 nitrogen and oxygen atoms in total. The number of hydrogen-bond acceptors (Lipinski definition) is 4. The zero-order chi connectivity index (χ0) is 13.8. The van der Waals surface area contributed by atoms with Crippen LogP contribution in [0.25, 0.3) is 0 Å². The second-order valence-corrected chi connectivity index (χ2v) is 6.08. The molecule has 1 saturated carbocycles. The molecule has 0 amide bonds. The fraction of sp³-hybridized carbons (Fsp3) is 0.714. The van der Waals surface area contributed by atoms with E-state index in [9.17, 15) is 4.79 Å². The summed E-state index contributed by atoms with van der Waals surface area (Å²) in [5.74, 6) is -0.402. The molecule has 1 unspecified atom stereocenters. The summed E-state index contributed by atoms with van der Waals surface area (Å²) in [6.45, 7) is 4.38. The van der Waals surface area contributed by atoms with E-state index in [2.05, 4.69) is 4.98 Å². The number of aryl methyl sites for hydroxylation is 1. The van der Waals surface area contributed by atoms with Crippen LogP contribution in [-0.4, -0.2) is 22.7 Å². The molecule has 0 aliphatic heterocycles. The molecule has 1 aromatic rings. The highest BCUT2D eigenvalue weighted by Crippen LogP contribution is 2.39. The first kappa shape index (κ1) is 14.5. The van der Waals surface area contributed by atoms with Gasteiger partial charge in [0.25, 0.3) is 0 Å². The maximum atomic E-state index is 11.1. The van der Waals surface area contributed by atoms with Gasteiger partial charge in [-0.15, -0.1) is 11.3 Å². The first-order valence-electron chi connectivity index (χ1n) is 6.95. The third-order valence-corrected chi connectivity index (χ3v) is 4.88. The summed E-state index contributed by atoms with van der Waals surface area (Å²) < 4.78 is 5.87. The zero-order valence-electron chi connectivity index (χ0n) is 11.5. The van der Waals surface area contributed by atoms with Crippen molar-refractivity contribution in [1.29, 1.82) is 0 Å². The van der Waals surface area contributed by atoms with Crippen molar-refractivity contribution in [1.82, 2.24) is 4.98 Å². The summed E-state index contributed by atoms with van der Waals surface area (Å²) in [4.78, 5) is 15.9. The lowest BCUT2D eigenvalue weighted by molar-refractivity contribution is 0.00545. The van der Waals surface area contributed by atoms with Crippen molar-refractivity contribution in [3.05, 3.63) is 15.6 Å². The van der Waals surface area contributed by atoms with Gasteiger partial charge in [0.2, 0.25) is 0 Å². The van der Waals surface area contributed by atoms with Crippen molar-refractivity contribution in [2.45, 2.75) is 52.1 Å². The summed E-state index contributed by atoms with van der Waals surface area (Å²) in [6.07, 6.45) is 6.07. The Bertz CT molecular complexity index is 438. The molecule has 1 aliphatic carbocycles. The molecule has 1 N–H and O–H groups in total. The van der Waals surface area contributed by atoms with Gasteiger partial charge in [0.15, 0.2) is 0 Å². The molecule has 0 bridgehead atoms. The van der Waals surface area contributed by atoms with Crippen LogP contribution in [0.3, 0.4) is 0 Å². The number of aromatic carboxylic acids is 1. The Morgan fingerprint density at radius 1 is 1.47 bits per heavy atom. The maximum absolute atomic E-state index is 11.1. The van der Waals surface area contributed by atoms with Gasteiger partial charge in [-0.1, -0.05) is 19.3 Å². The standard InChI is InChI=1S/C14H21NO3S/c1-3-18-11(10-7-5-4-6-8-10)13-15-9(2)12(19-13)14(16)17/h10-11H,3-8H2,1-2H3,(H,16,17). The lowest BCUT2D eigenvalue weighted by Gasteiger charge is -2.28. The van der Waals surface area contributed by atoms with Gasteiger partial charge in [-0.25, -0.2) is 9.78 Å². The van der Waals surface area contributed by atoms with Crippen molar-refractivity contribution < 1.29 is 14.6 Å². The van der Waals surface area contributed by atoms with Gasteiger partial charge in [-0.05, 0) is 32.6 Å². The summed E-state index contributed by atoms with van der Waals surface area (Å²) in [7, 11) is 0. The Hall–Kier alpha value is -0.940. The monoisotopic (exact) mass is 283 g/mol. The van der Waals surface area contributed by atoms with Gasteiger partial charge < -0.3 is 9.84 Å². The van der Waals surface area contributed by atoms with E-state index in [1.807, 2.05) is 6.92 Å². The minimum Gasteiger partial charge on any atom is -0.477 e. The van der Waals surface area contributed by atoms with Crippen LogP contribution in [-0.2, 0) is 4.74 Å². The normalized spacial score (nSPS) is 18.4. The molecular weight excluding hydrogens is 262 g/mol. The molecule has 1 atom stereocenters. The molecule has 1 fully saturated rings. The smallest absolute Gasteiger partial charge is 0.347 e. The molecule has 0 aromatic carbocycles. The minimum atomic E-state index is -0.889. The fourth-order valence-corrected chi connectivity index (χ4v) is 3.81. The SMILES string of the molecule is CCOC(c1nc(C)c(C(=O)O)s1)C1CCCCC1. The number of carboxylic acid groups (broad SMARTS) is 1. The lowest BCUT2D eigenvalue weighted by Crippen LogP contribution is -2.19. The van der Waals surface area contributed by atoms with E-state index in [0.29, 0.717) is 23.1 Å². The number of carbonyl (C=O) groups is 1. The number of aromatic nitrogens is 1. The first-order valence-corrected chi connectivity index (χ1v) is 7.77. The van der Waals surface area contributed by atoms with Gasteiger partial charge in [0.1, 0.15) is 16.0 Å². The zero-order valence-corrected chi connectivity index (χ0v) is 12.3. The Morgan fingerprint density at radius 2 is 2.16 bits per heavy atom. The summed E-state index contributed by atoms with van der Waals surface area (Å²) in [5, 5.41) is 9.97. The van der Waals surface area contributed by atoms with Crippen molar-refractivity contribution >= 4 is 17.3 Å². The van der Waals surface area contributed by atoms with Crippen LogP contribution in [0.1, 0.15) is 65.5 Å². The predicted octanol–water partition coefficient (Wildman–Crippen LogP) is 3.81. The van der Waals surface area contributed by atoms with Gasteiger partial charge >= 0.3 is 5.97 Å². The Labute approximate surface area is 117 Å². The van der Waals surface area contributed by atoms with E-state index in [1.165, 1.54) is 30.6 Å². The molecule has 0 saturated heterocycles. The predicted molar refractivity (Wildman–Crippen MR) is 74.8 cm³/mol. The quantitative estimate of drug-likeness (QED) is 0.892. The van der Waals surface area contributed by atoms with Gasteiger partial charge in [0, 0.05) is 6.61 Å². The van der Waals surface area contributed by atoms with Gasteiger partial charge in [-0.2, -0.15) is 0 Å². The average molecular weight is 283 g/mol. The molecule has 2 rings (SSSR count). The van der Waals surface area contributed by atoms with Gasteiger partial charge in [-0.3, -0.25) is 0 Å². The van der Waals surface area contributed by atoms with Crippen molar-refractivity contribution in [3.8, 4) is 0 Å². The third-order valence-electron chi connectivity index (χ3n) is 3.67. The number of carboxylic acids is 1. The molecule has 106 valence electrons. The Balaban J connectivity index is 2.22. The molecule has 19 heavy (non-hydrogen) atoms. The molecule has 0 radical (unpaired) electrons. The average Bonchev–Trinajstić information content (AvgIpc) is 2.79. The van der Waals surface area contributed by atoms with Gasteiger partial charge in [0.05, 0.1) is 5.69 Å². The highest BCUT2D eigenvalue weighted by Gasteiger charge is 2.29. The molecule has 1 aromatic heterocycles. The Morgan fingerprint density at radius 3 is 2.68 bits per heavy atom. The van der Waals surface area contributed by atoms with Crippen molar-refractivity contribution in [2.24, 2.45) is 5.92 Å². The number of rotatable bonds is 5. The van der Waals surface area contributed by atoms with Crippen LogP contribution < -0.4 is 0 Å². The summed E-state index contributed by atoms with van der Waals surface area (Å²) >= 11 is 1.27. The minimum absolute atomic E-state index is 0.0258. The van der Waals surface area contributed by atoms with Crippen LogP contribution in [0.5, 0.6) is 0 Å². The molecule has 0 spiro atoms. The molecule has 1 aliphatic rings. The third kappa shape index (κ3) is 3.34. The number of thiazole rings is 1. The highest BCUT2D eigenvalue weighted by molar-refractivity contribution is 7.13. The topological polar surface area (TPSA) is 59.4 Å². The maximum Gasteiger partial charge on any atom is 0.347 e. The molecule has 5 heteroatoms. The van der Waals surface area contributed by atoms with Crippen molar-refractivity contribution in [2.75, 3.05) is 6.61 Å². The van der Waals surface area contributed by atoms with E-state index in [4.69, 9.17) is 9.84 Å². The van der Waals surface area contributed by atoms with E-state index in [0.717, 1.165) is 17.8 Å². The Kier molecular flexibility index (Phi) is 4.93. The van der Waals surface area contributed by atoms with Crippen LogP contribution in [0.2, 0.25) is 0 Å². The van der Waals surface area contributed by atoms with Crippen LogP contribution in [0.4, 0.5) is 0 Å². The van der Waals surface area contributed by atoms with Crippen LogP contribution >= 0.6 is 11.3 Å². The highest BCUT2D eigenvalue weighted by atomic mass is 32.1. The fourth-order valence-electron chi connectivity index (χ4n) is 2.76. The van der Waals surface area contributed by atoms with E-state index >= 15 is 0 Å². The summed E-state index contributed by atoms with van der Waals surface area (Å²) in [6, 6.07) is 0. The van der Waals surface area contributed by atoms with Crippen molar-refractivity contribution in [3.63, 3.8) is 0 Å². The lowest BCUT2D eigenvalue weighted by atomic mass is 9.85. The van der Waals surface area contributed by atoms with E-state index < -0.39 is 5.97 Å². The molecular formula is C14H21NO3S. The first-order chi connectivity index (χ1) is 9.13. The second kappa shape index (κ2) is 6.48. The second-order valence-electron chi connectivity index (χ2n) is 5.05. The summed E-state index contributed by atoms with van der Waals surface area (Å²) in [5.41, 5.74) is 0.605. The number of ether oxygens (including phenoxy) is 1. The van der Waals surface area contributed by atoms with Crippen LogP contribution in [0, 0.1) is 12.8 Å². The van der Waals surface area contributed by atoms with Crippen LogP contribution in [0.15, 0.2) is 0 Å². The molecule has 1 heterocycles. The van der Waals surface area contributed by atoms with E-state index in [1.54, 1.807) is 6.92 Å². The largest absolute Gasteiger partial charge is 0.477 e. The van der Waals surface area contributed by atoms with E-state index in [-0.39, 0.29) is 6.10 Å². The number of hydrogen-bond donors (Lipinski definition) is 1.